The Morgan fingerprint density at radius 3 is 1.66 bits per heavy atom. The third kappa shape index (κ3) is 5.07. The highest BCUT2D eigenvalue weighted by atomic mass is 32.1. The van der Waals surface area contributed by atoms with Gasteiger partial charge in [0.2, 0.25) is 0 Å². The number of aromatic nitrogens is 2. The molecule has 0 unspecified atom stereocenters. The maximum absolute atomic E-state index is 5.18. The lowest BCUT2D eigenvalue weighted by Crippen LogP contribution is -1.96. The van der Waals surface area contributed by atoms with Crippen molar-refractivity contribution >= 4 is 42.3 Å². The van der Waals surface area contributed by atoms with Gasteiger partial charge in [-0.25, -0.2) is 9.97 Å². The standard InChI is InChI=1S/C44H28N2S/c1-4-12-29(13-5-1)34-24-35(33-21-22-41-38(27-33)43-37-19-11-10-14-30(37)20-23-42(43)47-41)26-36(25-34)40-28-39(31-15-6-2-7-16-31)45-44(46-40)32-17-8-3-9-18-32/h1-28H. The number of thiophene rings is 1. The van der Waals surface area contributed by atoms with Crippen LogP contribution in [0.3, 0.4) is 0 Å². The normalized spacial score (nSPS) is 11.4. The average Bonchev–Trinajstić information content (AvgIpc) is 3.54. The van der Waals surface area contributed by atoms with Crippen molar-refractivity contribution in [3.05, 3.63) is 170 Å². The lowest BCUT2D eigenvalue weighted by atomic mass is 9.93. The molecule has 0 aliphatic carbocycles. The Kier molecular flexibility index (Phi) is 6.69. The summed E-state index contributed by atoms with van der Waals surface area (Å²) >= 11 is 1.86. The summed E-state index contributed by atoms with van der Waals surface area (Å²) in [6, 6.07) is 60.3. The Bertz CT molecular complexity index is 2500. The van der Waals surface area contributed by atoms with Gasteiger partial charge < -0.3 is 0 Å². The number of nitrogens with zero attached hydrogens (tertiary/aromatic N) is 2. The van der Waals surface area contributed by atoms with Gasteiger partial charge in [-0.1, -0.05) is 127 Å². The maximum atomic E-state index is 5.18. The molecule has 2 heterocycles. The molecule has 0 fully saturated rings. The van der Waals surface area contributed by atoms with Crippen LogP contribution in [0.15, 0.2) is 170 Å². The van der Waals surface area contributed by atoms with E-state index in [1.54, 1.807) is 0 Å². The second-order valence-electron chi connectivity index (χ2n) is 11.8. The van der Waals surface area contributed by atoms with Gasteiger partial charge in [-0.3, -0.25) is 0 Å². The fourth-order valence-electron chi connectivity index (χ4n) is 6.53. The predicted octanol–water partition coefficient (Wildman–Crippen LogP) is 12.3. The van der Waals surface area contributed by atoms with Crippen LogP contribution in [0.4, 0.5) is 0 Å². The summed E-state index contributed by atoms with van der Waals surface area (Å²) in [4.78, 5) is 10.2. The highest BCUT2D eigenvalue weighted by Gasteiger charge is 2.15. The molecule has 0 bridgehead atoms. The van der Waals surface area contributed by atoms with Crippen molar-refractivity contribution < 1.29 is 0 Å². The highest BCUT2D eigenvalue weighted by Crippen LogP contribution is 2.41. The van der Waals surface area contributed by atoms with Gasteiger partial charge in [0.1, 0.15) is 0 Å². The van der Waals surface area contributed by atoms with Crippen molar-refractivity contribution in [1.82, 2.24) is 9.97 Å². The summed E-state index contributed by atoms with van der Waals surface area (Å²) in [7, 11) is 0. The molecular formula is C44H28N2S. The lowest BCUT2D eigenvalue weighted by molar-refractivity contribution is 1.18. The van der Waals surface area contributed by atoms with E-state index >= 15 is 0 Å². The molecule has 220 valence electrons. The first-order valence-corrected chi connectivity index (χ1v) is 16.6. The fraction of sp³-hybridized carbons (Fsp3) is 0. The molecule has 0 atom stereocenters. The van der Waals surface area contributed by atoms with Crippen molar-refractivity contribution in [2.45, 2.75) is 0 Å². The highest BCUT2D eigenvalue weighted by molar-refractivity contribution is 7.26. The first-order chi connectivity index (χ1) is 23.3. The van der Waals surface area contributed by atoms with E-state index in [-0.39, 0.29) is 0 Å². The van der Waals surface area contributed by atoms with Gasteiger partial charge in [0, 0.05) is 36.9 Å². The molecule has 47 heavy (non-hydrogen) atoms. The van der Waals surface area contributed by atoms with Gasteiger partial charge in [0.05, 0.1) is 11.4 Å². The SMILES string of the molecule is c1ccc(-c2cc(-c3ccc4sc5ccc6ccccc6c5c4c3)cc(-c3cc(-c4ccccc4)nc(-c4ccccc4)n3)c2)cc1. The van der Waals surface area contributed by atoms with Crippen LogP contribution >= 0.6 is 11.3 Å². The summed E-state index contributed by atoms with van der Waals surface area (Å²) in [5, 5.41) is 5.20. The molecule has 2 nitrogen and oxygen atoms in total. The molecule has 3 heteroatoms. The molecule has 0 saturated carbocycles. The van der Waals surface area contributed by atoms with E-state index in [0.29, 0.717) is 5.82 Å². The average molecular weight is 617 g/mol. The number of fused-ring (bicyclic) bond motifs is 5. The van der Waals surface area contributed by atoms with Crippen LogP contribution < -0.4 is 0 Å². The molecule has 0 N–H and O–H groups in total. The molecule has 0 aliphatic heterocycles. The fourth-order valence-corrected chi connectivity index (χ4v) is 7.64. The quantitative estimate of drug-likeness (QED) is 0.192. The van der Waals surface area contributed by atoms with Gasteiger partial charge >= 0.3 is 0 Å². The van der Waals surface area contributed by atoms with E-state index in [1.807, 2.05) is 35.6 Å². The molecule has 7 aromatic carbocycles. The van der Waals surface area contributed by atoms with Crippen LogP contribution in [0.2, 0.25) is 0 Å². The molecule has 0 saturated heterocycles. The van der Waals surface area contributed by atoms with Gasteiger partial charge in [-0.2, -0.15) is 0 Å². The largest absolute Gasteiger partial charge is 0.228 e. The molecule has 0 spiro atoms. The van der Waals surface area contributed by atoms with E-state index < -0.39 is 0 Å². The van der Waals surface area contributed by atoms with Crippen molar-refractivity contribution in [3.63, 3.8) is 0 Å². The smallest absolute Gasteiger partial charge is 0.160 e. The van der Waals surface area contributed by atoms with E-state index in [2.05, 4.69) is 146 Å². The molecule has 9 rings (SSSR count). The number of hydrogen-bond donors (Lipinski definition) is 0. The van der Waals surface area contributed by atoms with E-state index in [9.17, 15) is 0 Å². The minimum Gasteiger partial charge on any atom is -0.228 e. The topological polar surface area (TPSA) is 25.8 Å². The van der Waals surface area contributed by atoms with Gasteiger partial charge in [-0.15, -0.1) is 11.3 Å². The third-order valence-electron chi connectivity index (χ3n) is 8.86. The summed E-state index contributed by atoms with van der Waals surface area (Å²) in [6.07, 6.45) is 0. The van der Waals surface area contributed by atoms with Gasteiger partial charge in [0.15, 0.2) is 5.82 Å². The first-order valence-electron chi connectivity index (χ1n) is 15.8. The van der Waals surface area contributed by atoms with Crippen LogP contribution in [-0.2, 0) is 0 Å². The second kappa shape index (κ2) is 11.5. The molecule has 2 aromatic heterocycles. The molecule has 0 radical (unpaired) electrons. The number of hydrogen-bond acceptors (Lipinski definition) is 3. The van der Waals surface area contributed by atoms with Crippen molar-refractivity contribution in [2.75, 3.05) is 0 Å². The summed E-state index contributed by atoms with van der Waals surface area (Å²) in [5.74, 6) is 0.714. The third-order valence-corrected chi connectivity index (χ3v) is 9.99. The Labute approximate surface area is 277 Å². The summed E-state index contributed by atoms with van der Waals surface area (Å²) in [5.41, 5.74) is 9.57. The van der Waals surface area contributed by atoms with Crippen molar-refractivity contribution in [1.29, 1.82) is 0 Å². The Morgan fingerprint density at radius 2 is 0.915 bits per heavy atom. The number of rotatable bonds is 5. The van der Waals surface area contributed by atoms with Crippen molar-refractivity contribution in [2.24, 2.45) is 0 Å². The number of benzene rings is 7. The molecule has 0 amide bonds. The Balaban J connectivity index is 1.28. The zero-order chi connectivity index (χ0) is 31.2. The Morgan fingerprint density at radius 1 is 0.340 bits per heavy atom. The van der Waals surface area contributed by atoms with E-state index in [1.165, 1.54) is 42.1 Å². The van der Waals surface area contributed by atoms with Crippen LogP contribution in [0.5, 0.6) is 0 Å². The minimum absolute atomic E-state index is 0.714. The molecule has 0 aliphatic rings. The van der Waals surface area contributed by atoms with Crippen LogP contribution in [0, 0.1) is 0 Å². The summed E-state index contributed by atoms with van der Waals surface area (Å²) in [6.45, 7) is 0. The maximum Gasteiger partial charge on any atom is 0.160 e. The summed E-state index contributed by atoms with van der Waals surface area (Å²) < 4.78 is 2.62. The molecule has 9 aromatic rings. The van der Waals surface area contributed by atoms with Crippen LogP contribution in [-0.4, -0.2) is 9.97 Å². The Hall–Kier alpha value is -5.90. The van der Waals surface area contributed by atoms with Crippen LogP contribution in [0.1, 0.15) is 0 Å². The van der Waals surface area contributed by atoms with E-state index in [0.717, 1.165) is 39.2 Å². The van der Waals surface area contributed by atoms with Gasteiger partial charge in [0.25, 0.3) is 0 Å². The monoisotopic (exact) mass is 616 g/mol. The lowest BCUT2D eigenvalue weighted by Gasteiger charge is -2.13. The zero-order valence-electron chi connectivity index (χ0n) is 25.5. The second-order valence-corrected chi connectivity index (χ2v) is 12.9. The first kappa shape index (κ1) is 27.4. The minimum atomic E-state index is 0.714. The van der Waals surface area contributed by atoms with E-state index in [4.69, 9.17) is 9.97 Å². The van der Waals surface area contributed by atoms with Crippen LogP contribution in [0.25, 0.3) is 87.1 Å². The zero-order valence-corrected chi connectivity index (χ0v) is 26.3. The molecular weight excluding hydrogens is 589 g/mol. The van der Waals surface area contributed by atoms with Crippen molar-refractivity contribution in [3.8, 4) is 56.2 Å². The predicted molar refractivity (Wildman–Crippen MR) is 200 cm³/mol. The van der Waals surface area contributed by atoms with Gasteiger partial charge in [-0.05, 0) is 75.5 Å².